The number of carbonyl (C=O) groups is 1. The van der Waals surface area contributed by atoms with E-state index in [1.807, 2.05) is 19.1 Å². The lowest BCUT2D eigenvalue weighted by Crippen LogP contribution is -2.12. The van der Waals surface area contributed by atoms with Gasteiger partial charge >= 0.3 is 0 Å². The second kappa shape index (κ2) is 4.61. The zero-order chi connectivity index (χ0) is 14.3. The first-order valence-corrected chi connectivity index (χ1v) is 6.83. The summed E-state index contributed by atoms with van der Waals surface area (Å²) >= 11 is 1.29. The summed E-state index contributed by atoms with van der Waals surface area (Å²) < 4.78 is 1.62. The molecule has 0 aliphatic heterocycles. The molecule has 3 heterocycles. The van der Waals surface area contributed by atoms with E-state index in [1.54, 1.807) is 24.0 Å². The lowest BCUT2D eigenvalue weighted by molar-refractivity contribution is 0.103. The number of nitrogens with two attached hydrogens (primary N) is 1. The normalized spacial score (nSPS) is 10.9. The number of nitrogens with zero attached hydrogens (tertiary/aromatic N) is 3. The topological polar surface area (TPSA) is 85.8 Å². The third-order valence-corrected chi connectivity index (χ3v) is 4.01. The molecule has 0 saturated carbocycles. The highest BCUT2D eigenvalue weighted by Crippen LogP contribution is 2.32. The van der Waals surface area contributed by atoms with Gasteiger partial charge in [0, 0.05) is 30.4 Å². The van der Waals surface area contributed by atoms with Crippen LogP contribution in [0.15, 0.2) is 24.4 Å². The van der Waals surface area contributed by atoms with Gasteiger partial charge in [-0.05, 0) is 19.1 Å². The molecule has 3 N–H and O–H groups in total. The number of pyridine rings is 1. The Morgan fingerprint density at radius 1 is 1.40 bits per heavy atom. The van der Waals surface area contributed by atoms with E-state index >= 15 is 0 Å². The Kier molecular flexibility index (Phi) is 2.90. The number of carbonyl (C=O) groups excluding carboxylic acids is 1. The number of fused-ring (bicyclic) bond motifs is 1. The number of aromatic nitrogens is 3. The Balaban J connectivity index is 1.97. The van der Waals surface area contributed by atoms with Crippen LogP contribution in [0.1, 0.15) is 15.4 Å². The van der Waals surface area contributed by atoms with Crippen molar-refractivity contribution in [3.63, 3.8) is 0 Å². The SMILES string of the molecule is Cc1ccc2c(N)c(C(=O)Nc3ccn(C)n3)sc2n1. The molecule has 6 nitrogen and oxygen atoms in total. The first-order chi connectivity index (χ1) is 9.54. The smallest absolute Gasteiger partial charge is 0.269 e. The molecule has 0 unspecified atom stereocenters. The highest BCUT2D eigenvalue weighted by Gasteiger charge is 2.17. The van der Waals surface area contributed by atoms with Gasteiger partial charge in [-0.15, -0.1) is 11.3 Å². The highest BCUT2D eigenvalue weighted by molar-refractivity contribution is 7.21. The number of aryl methyl sites for hydroxylation is 2. The Bertz CT molecular complexity index is 804. The second-order valence-corrected chi connectivity index (χ2v) is 5.48. The molecule has 0 spiro atoms. The van der Waals surface area contributed by atoms with Crippen molar-refractivity contribution in [3.8, 4) is 0 Å². The molecule has 0 fully saturated rings. The molecule has 102 valence electrons. The lowest BCUT2D eigenvalue weighted by atomic mass is 10.2. The van der Waals surface area contributed by atoms with Gasteiger partial charge in [0.15, 0.2) is 5.82 Å². The minimum atomic E-state index is -0.262. The Morgan fingerprint density at radius 3 is 2.90 bits per heavy atom. The fraction of sp³-hybridized carbons (Fsp3) is 0.154. The van der Waals surface area contributed by atoms with E-state index in [2.05, 4.69) is 15.4 Å². The quantitative estimate of drug-likeness (QED) is 0.756. The molecule has 0 aliphatic carbocycles. The number of rotatable bonds is 2. The first kappa shape index (κ1) is 12.6. The number of anilines is 2. The standard InChI is InChI=1S/C13H13N5OS/c1-7-3-4-8-10(14)11(20-13(8)15-7)12(19)16-9-5-6-18(2)17-9/h3-6H,14H2,1-2H3,(H,16,17,19). The zero-order valence-electron chi connectivity index (χ0n) is 11.0. The third-order valence-electron chi connectivity index (χ3n) is 2.89. The van der Waals surface area contributed by atoms with E-state index in [1.165, 1.54) is 11.3 Å². The van der Waals surface area contributed by atoms with Crippen LogP contribution in [-0.4, -0.2) is 20.7 Å². The van der Waals surface area contributed by atoms with Crippen molar-refractivity contribution in [2.24, 2.45) is 7.05 Å². The molecule has 7 heteroatoms. The molecule has 0 radical (unpaired) electrons. The van der Waals surface area contributed by atoms with E-state index in [0.717, 1.165) is 15.9 Å². The summed E-state index contributed by atoms with van der Waals surface area (Å²) in [5, 5.41) is 7.65. The minimum Gasteiger partial charge on any atom is -0.397 e. The Labute approximate surface area is 119 Å². The molecule has 0 atom stereocenters. The van der Waals surface area contributed by atoms with Crippen LogP contribution in [0.4, 0.5) is 11.5 Å². The summed E-state index contributed by atoms with van der Waals surface area (Å²) in [5.74, 6) is 0.236. The monoisotopic (exact) mass is 287 g/mol. The summed E-state index contributed by atoms with van der Waals surface area (Å²) in [4.78, 5) is 17.9. The van der Waals surface area contributed by atoms with Crippen molar-refractivity contribution in [3.05, 3.63) is 35.0 Å². The minimum absolute atomic E-state index is 0.262. The molecule has 20 heavy (non-hydrogen) atoms. The van der Waals surface area contributed by atoms with Crippen LogP contribution in [0.3, 0.4) is 0 Å². The molecule has 0 saturated heterocycles. The highest BCUT2D eigenvalue weighted by atomic mass is 32.1. The number of hydrogen-bond acceptors (Lipinski definition) is 5. The van der Waals surface area contributed by atoms with Crippen molar-refractivity contribution >= 4 is 39.0 Å². The number of nitrogens with one attached hydrogen (secondary N) is 1. The van der Waals surface area contributed by atoms with Crippen LogP contribution in [0.2, 0.25) is 0 Å². The second-order valence-electron chi connectivity index (χ2n) is 4.48. The maximum Gasteiger partial charge on any atom is 0.269 e. The van der Waals surface area contributed by atoms with Crippen molar-refractivity contribution in [1.29, 1.82) is 0 Å². The fourth-order valence-electron chi connectivity index (χ4n) is 1.91. The van der Waals surface area contributed by atoms with Crippen LogP contribution in [0.25, 0.3) is 10.2 Å². The van der Waals surface area contributed by atoms with Gasteiger partial charge < -0.3 is 11.1 Å². The van der Waals surface area contributed by atoms with Gasteiger partial charge in [0.2, 0.25) is 0 Å². The van der Waals surface area contributed by atoms with E-state index < -0.39 is 0 Å². The average molecular weight is 287 g/mol. The summed E-state index contributed by atoms with van der Waals surface area (Å²) in [6.45, 7) is 1.91. The summed E-state index contributed by atoms with van der Waals surface area (Å²) in [5.41, 5.74) is 7.40. The first-order valence-electron chi connectivity index (χ1n) is 6.01. The van der Waals surface area contributed by atoms with Crippen molar-refractivity contribution < 1.29 is 4.79 Å². The summed E-state index contributed by atoms with van der Waals surface area (Å²) in [7, 11) is 1.79. The molecule has 0 bridgehead atoms. The predicted molar refractivity (Wildman–Crippen MR) is 79.9 cm³/mol. The number of hydrogen-bond donors (Lipinski definition) is 2. The van der Waals surface area contributed by atoms with E-state index in [9.17, 15) is 4.79 Å². The third kappa shape index (κ3) is 2.12. The van der Waals surface area contributed by atoms with Crippen LogP contribution in [0.5, 0.6) is 0 Å². The Hall–Kier alpha value is -2.41. The average Bonchev–Trinajstić information content (AvgIpc) is 2.94. The van der Waals surface area contributed by atoms with E-state index in [4.69, 9.17) is 5.73 Å². The predicted octanol–water partition coefficient (Wildman–Crippen LogP) is 2.17. The number of amides is 1. The molecule has 3 rings (SSSR count). The van der Waals surface area contributed by atoms with Gasteiger partial charge in [-0.2, -0.15) is 5.10 Å². The largest absolute Gasteiger partial charge is 0.397 e. The molecular formula is C13H13N5OS. The fourth-order valence-corrected chi connectivity index (χ4v) is 2.95. The van der Waals surface area contributed by atoms with Crippen LogP contribution in [0, 0.1) is 6.92 Å². The molecule has 1 amide bonds. The lowest BCUT2D eigenvalue weighted by Gasteiger charge is -2.00. The maximum absolute atomic E-state index is 12.2. The molecule has 0 aliphatic rings. The van der Waals surface area contributed by atoms with Gasteiger partial charge in [0.25, 0.3) is 5.91 Å². The van der Waals surface area contributed by atoms with Crippen molar-refractivity contribution in [2.45, 2.75) is 6.92 Å². The molecule has 0 aromatic carbocycles. The van der Waals surface area contributed by atoms with Gasteiger partial charge in [-0.1, -0.05) is 0 Å². The number of nitrogen functional groups attached to an aromatic ring is 1. The maximum atomic E-state index is 12.2. The van der Waals surface area contributed by atoms with E-state index in [-0.39, 0.29) is 5.91 Å². The van der Waals surface area contributed by atoms with E-state index in [0.29, 0.717) is 16.4 Å². The van der Waals surface area contributed by atoms with Gasteiger partial charge in [-0.25, -0.2) is 4.98 Å². The van der Waals surface area contributed by atoms with Gasteiger partial charge in [0.05, 0.1) is 5.69 Å². The number of thiophene rings is 1. The van der Waals surface area contributed by atoms with Crippen molar-refractivity contribution in [2.75, 3.05) is 11.1 Å². The van der Waals surface area contributed by atoms with Crippen molar-refractivity contribution in [1.82, 2.24) is 14.8 Å². The Morgan fingerprint density at radius 2 is 2.20 bits per heavy atom. The summed E-state index contributed by atoms with van der Waals surface area (Å²) in [6, 6.07) is 5.50. The molecule has 3 aromatic heterocycles. The summed E-state index contributed by atoms with van der Waals surface area (Å²) in [6.07, 6.45) is 1.76. The molecular weight excluding hydrogens is 274 g/mol. The van der Waals surface area contributed by atoms with Crippen LogP contribution < -0.4 is 11.1 Å². The van der Waals surface area contributed by atoms with Crippen LogP contribution >= 0.6 is 11.3 Å². The molecule has 3 aromatic rings. The van der Waals surface area contributed by atoms with Gasteiger partial charge in [-0.3, -0.25) is 9.48 Å². The van der Waals surface area contributed by atoms with Gasteiger partial charge in [0.1, 0.15) is 9.71 Å². The zero-order valence-corrected chi connectivity index (χ0v) is 11.9. The van der Waals surface area contributed by atoms with Crippen LogP contribution in [-0.2, 0) is 7.05 Å².